The number of hydrogen-bond acceptors (Lipinski definition) is 14. The number of H-pyrrole nitrogens is 4. The third-order valence-electron chi connectivity index (χ3n) is 25.5. The third-order valence-corrected chi connectivity index (χ3v) is 45.7. The number of ether oxygens (including phenoxy) is 8. The minimum atomic E-state index is -2.87. The first-order valence-electron chi connectivity index (χ1n) is 48.1. The summed E-state index contributed by atoms with van der Waals surface area (Å²) in [6.45, 7) is 27.4. The number of nitrogens with one attached hydrogen (secondary N) is 4. The average Bonchev–Trinajstić information content (AvgIpc) is 1.58. The summed E-state index contributed by atoms with van der Waals surface area (Å²) in [5.74, 6) is 1.83. The van der Waals surface area contributed by atoms with E-state index in [0.29, 0.717) is 69.9 Å². The molecule has 4 fully saturated rings. The van der Waals surface area contributed by atoms with E-state index in [0.717, 1.165) is 194 Å². The minimum Gasteiger partial charge on any atom is -0.423 e. The van der Waals surface area contributed by atoms with Gasteiger partial charge in [-0.25, -0.2) is 4.79 Å². The number of aromatic nitrogens is 6. The summed E-state index contributed by atoms with van der Waals surface area (Å²) in [4.78, 5) is 49.2. The Balaban J connectivity index is 0.000000149. The van der Waals surface area contributed by atoms with E-state index in [1.54, 1.807) is 10.6 Å². The van der Waals surface area contributed by atoms with E-state index in [1.807, 2.05) is 138 Å². The second-order valence-electron chi connectivity index (χ2n) is 37.7. The average molecular weight is 2510 g/mol. The Labute approximate surface area is 904 Å². The van der Waals surface area contributed by atoms with Crippen LogP contribution in [0.3, 0.4) is 0 Å². The molecule has 0 bridgehead atoms. The zero-order chi connectivity index (χ0) is 101. The second kappa shape index (κ2) is 54.5. The number of hydrogen-bond donors (Lipinski definition) is 6. The summed E-state index contributed by atoms with van der Waals surface area (Å²) in [7, 11) is -1.28. The van der Waals surface area contributed by atoms with Gasteiger partial charge < -0.3 is 58.4 Å². The van der Waals surface area contributed by atoms with Crippen LogP contribution in [0.1, 0.15) is 217 Å². The van der Waals surface area contributed by atoms with Crippen LogP contribution < -0.4 is 3.58 Å². The molecule has 6 aliphatic rings. The standard InChI is InChI=1S/C18H21ClINO3.C18H21ClNO3.C13H13ClINO.C13H14ClNO.C13H12ClNO.C8H5BrClN.C6H3BrClNO2.C5H9BO3.3C4H9.Sn/c1-18(2,3)24-17(22)21-10-15(20)14-9-12(19)8-13(16(14)21)11-4-6-23-7-5-11;1-18(2,3)23-17(21)20-7-4-13-10-14(19)11-15(16(13)20)12-5-8-22-9-6-12;14-9-5-10(8-1-3-17-4-2-8)13-11(6-9)12(15)7-16-13;2*14-11-7-10-1-4-15-13(10)12(8-11)9-2-5-16-6-3-9;9-7-4-6(10)3-5-1-2-11-8(5)7;7-5-3-4(8)1-2-6(5)9(10)11;7-6(8)5-1-3-9-4-2-5;3*1-3-4-2;/h8-11H,4-7H2,1-3H3;7,10-12H,5-6,8-9H2,1-3H3;5-8,16H,1-4H2;1,4,7-9,15H,2-3,5-6H2;1-2,4,7-8,15H,3,5-6H2;1-4,11H;1-3H;1,7-8H,2-4H2;3*1,3-4H2,2H3;. The van der Waals surface area contributed by atoms with Crippen molar-refractivity contribution in [2.75, 3.05) is 79.3 Å². The van der Waals surface area contributed by atoms with Gasteiger partial charge >= 0.3 is 242 Å². The Kier molecular flexibility index (Phi) is 44.1. The number of nitrogens with zero attached hydrogens (tertiary/aromatic N) is 3. The number of rotatable bonds is 17. The molecule has 0 aliphatic carbocycles. The number of benzene rings is 7. The number of aromatic amines is 4. The van der Waals surface area contributed by atoms with Crippen LogP contribution in [-0.4, -0.2) is 172 Å². The molecule has 0 saturated carbocycles. The van der Waals surface area contributed by atoms with Crippen molar-refractivity contribution >= 4 is 276 Å². The normalized spacial score (nSPS) is 15.8. The zero-order valence-electron chi connectivity index (χ0n) is 80.6. The first-order valence-corrected chi connectivity index (χ1v) is 61.9. The maximum Gasteiger partial charge on any atom is 0.483 e. The largest absolute Gasteiger partial charge is 0.483 e. The molecule has 13 aromatic rings. The third kappa shape index (κ3) is 31.6. The number of carbonyl (C=O) groups excluding carboxylic acids is 2. The summed E-state index contributed by atoms with van der Waals surface area (Å²) < 4.78 is 56.5. The van der Waals surface area contributed by atoms with Gasteiger partial charge in [0.2, 0.25) is 0 Å². The summed E-state index contributed by atoms with van der Waals surface area (Å²) in [6.07, 6.45) is 32.3. The van der Waals surface area contributed by atoms with Crippen LogP contribution in [0.2, 0.25) is 48.5 Å². The van der Waals surface area contributed by atoms with E-state index in [-0.39, 0.29) is 17.9 Å². The molecule has 19 rings (SSSR count). The molecule has 21 nitrogen and oxygen atoms in total. The number of carbonyl (C=O) groups is 2. The predicted molar refractivity (Wildman–Crippen MR) is 602 cm³/mol. The van der Waals surface area contributed by atoms with E-state index in [2.05, 4.69) is 160 Å². The van der Waals surface area contributed by atoms with Crippen molar-refractivity contribution < 1.29 is 62.5 Å². The molecule has 6 N–H and O–H groups in total. The summed E-state index contributed by atoms with van der Waals surface area (Å²) >= 11 is 51.2. The van der Waals surface area contributed by atoms with Crippen molar-refractivity contribution in [1.82, 2.24) is 29.1 Å². The Morgan fingerprint density at radius 2 is 0.879 bits per heavy atom. The Morgan fingerprint density at radius 1 is 0.471 bits per heavy atom. The molecule has 0 atom stereocenters. The van der Waals surface area contributed by atoms with Crippen LogP contribution in [-0.2, 0) is 37.9 Å². The fraction of sp³-hybridized carbons (Fsp3) is 0.434. The first kappa shape index (κ1) is 113. The number of nitro groups is 1. The fourth-order valence-electron chi connectivity index (χ4n) is 18.6. The fourth-order valence-corrected chi connectivity index (χ4v) is 39.4. The van der Waals surface area contributed by atoms with Crippen LogP contribution in [0.25, 0.3) is 71.0 Å². The van der Waals surface area contributed by atoms with Crippen LogP contribution in [0.5, 0.6) is 0 Å². The van der Waals surface area contributed by atoms with Gasteiger partial charge in [-0.05, 0) is 286 Å². The molecule has 4 saturated heterocycles. The van der Waals surface area contributed by atoms with E-state index in [9.17, 15) is 19.7 Å². The molecule has 12 heterocycles. The van der Waals surface area contributed by atoms with Crippen molar-refractivity contribution in [1.29, 1.82) is 0 Å². The van der Waals surface area contributed by atoms with Gasteiger partial charge in [0.1, 0.15) is 5.60 Å². The quantitative estimate of drug-likeness (QED) is 0.0214. The summed E-state index contributed by atoms with van der Waals surface area (Å²) in [5.41, 5.74) is 13.8. The monoisotopic (exact) mass is 2510 g/mol. The maximum atomic E-state index is 13.7. The van der Waals surface area contributed by atoms with Gasteiger partial charge in [0.25, 0.3) is 5.69 Å². The van der Waals surface area contributed by atoms with Gasteiger partial charge in [0.15, 0.2) is 0 Å². The molecule has 34 heteroatoms. The predicted octanol–water partition coefficient (Wildman–Crippen LogP) is 32.2. The Hall–Kier alpha value is -5.41. The molecular weight excluding hydrogens is 2390 g/mol. The van der Waals surface area contributed by atoms with Gasteiger partial charge in [-0.2, -0.15) is 0 Å². The van der Waals surface area contributed by atoms with Crippen LogP contribution in [0, 0.1) is 17.3 Å². The van der Waals surface area contributed by atoms with Crippen molar-refractivity contribution in [2.24, 2.45) is 0 Å². The van der Waals surface area contributed by atoms with E-state index in [4.69, 9.17) is 129 Å². The molecule has 752 valence electrons. The summed E-state index contributed by atoms with van der Waals surface area (Å²) in [6, 6.07) is 34.7. The van der Waals surface area contributed by atoms with Crippen LogP contribution in [0.15, 0.2) is 173 Å². The first-order chi connectivity index (χ1) is 67.0. The molecule has 6 aliphatic heterocycles. The summed E-state index contributed by atoms with van der Waals surface area (Å²) in [5, 5.41) is 39.6. The Bertz CT molecular complexity index is 6380. The van der Waals surface area contributed by atoms with E-state index >= 15 is 0 Å². The molecule has 0 radical (unpaired) electrons. The van der Waals surface area contributed by atoms with Gasteiger partial charge in [-0.15, -0.1) is 0 Å². The topological polar surface area (TPSA) is 265 Å². The molecule has 7 aromatic carbocycles. The van der Waals surface area contributed by atoms with Crippen LogP contribution in [0.4, 0.5) is 15.3 Å². The van der Waals surface area contributed by atoms with Crippen molar-refractivity contribution in [2.45, 2.75) is 213 Å². The van der Waals surface area contributed by atoms with E-state index < -0.39 is 41.6 Å². The number of nitro benzene ring substituents is 1. The molecule has 0 amide bonds. The van der Waals surface area contributed by atoms with Crippen molar-refractivity contribution in [3.63, 3.8) is 0 Å². The van der Waals surface area contributed by atoms with Gasteiger partial charge in [0.05, 0.1) is 57.9 Å². The van der Waals surface area contributed by atoms with Crippen LogP contribution >= 0.6 is 158 Å². The SMILES string of the molecule is CC(C)(C)OC(=O)n1cc(I)c2cc(Cl)cc(C3CCOCC3)c21.CCC[CH2][Sn]([CH2]CCC)([CH2]CCC)[c]1cn(C(=O)OC(C)(C)C)c2c(C3CCOCC3)cc(Cl)cc12.Clc1cc(Br)c2[nH]ccc2c1.Clc1cc(C2=CCOCC2)c2[nH]ccc2c1.Clc1cc(C2CCOCC2)c2[nH]cc(I)c2c1.Clc1cc(C2CCOCC2)c2[nH]ccc2c1.O=[N+]([O-])c1ccc(Cl)cc1Br.OB(O)C1=CCOCC1. The maximum absolute atomic E-state index is 13.7. The van der Waals surface area contributed by atoms with Crippen molar-refractivity contribution in [3.8, 4) is 0 Å². The van der Waals surface area contributed by atoms with Gasteiger partial charge in [-0.3, -0.25) is 14.7 Å². The Morgan fingerprint density at radius 3 is 1.34 bits per heavy atom. The van der Waals surface area contributed by atoms with Crippen molar-refractivity contribution in [3.05, 3.63) is 253 Å². The van der Waals surface area contributed by atoms with Gasteiger partial charge in [-0.1, -0.05) is 81.8 Å². The minimum absolute atomic E-state index is 0.0226. The second-order valence-corrected chi connectivity index (χ2v) is 58.0. The molecule has 0 spiro atoms. The molecular formula is C106H125BBr2Cl7I2N7O14Sn. The number of halogens is 11. The molecule has 0 unspecified atom stereocenters. The number of unbranched alkanes of at least 4 members (excludes halogenated alkanes) is 3. The van der Waals surface area contributed by atoms with Gasteiger partial charge in [0, 0.05) is 156 Å². The molecule has 6 aromatic heterocycles. The smallest absolute Gasteiger partial charge is 0.423 e. The number of fused-ring (bicyclic) bond motifs is 6. The van der Waals surface area contributed by atoms with E-state index in [1.165, 1.54) is 132 Å². The molecule has 140 heavy (non-hydrogen) atoms. The zero-order valence-corrected chi connectivity index (χ0v) is 96.2.